The molecule has 0 spiro atoms. The molecule has 2 nitrogen and oxygen atoms in total. The van der Waals surface area contributed by atoms with Gasteiger partial charge in [-0.2, -0.15) is 0 Å². The van der Waals surface area contributed by atoms with Gasteiger partial charge in [-0.3, -0.25) is 4.79 Å². The lowest BCUT2D eigenvalue weighted by Crippen LogP contribution is -2.13. The molecule has 0 heterocycles. The highest BCUT2D eigenvalue weighted by Gasteiger charge is 2.11. The summed E-state index contributed by atoms with van der Waals surface area (Å²) in [4.78, 5) is 12.1. The lowest BCUT2D eigenvalue weighted by molar-refractivity contribution is 0.102. The molecular formula is C15H13FINO. The second-order valence-electron chi connectivity index (χ2n) is 4.13. The average molecular weight is 369 g/mol. The van der Waals surface area contributed by atoms with Gasteiger partial charge in [-0.15, -0.1) is 0 Å². The predicted molar refractivity (Wildman–Crippen MR) is 82.9 cm³/mol. The van der Waals surface area contributed by atoms with Crippen LogP contribution in [-0.4, -0.2) is 5.91 Å². The van der Waals surface area contributed by atoms with Gasteiger partial charge in [0, 0.05) is 9.26 Å². The molecule has 0 unspecified atom stereocenters. The van der Waals surface area contributed by atoms with Crippen LogP contribution in [0.4, 0.5) is 10.1 Å². The minimum atomic E-state index is -0.339. The van der Waals surface area contributed by atoms with Crippen LogP contribution in [0, 0.1) is 9.39 Å². The monoisotopic (exact) mass is 369 g/mol. The van der Waals surface area contributed by atoms with Crippen LogP contribution < -0.4 is 5.32 Å². The first-order valence-electron chi connectivity index (χ1n) is 5.95. The maximum absolute atomic E-state index is 13.0. The van der Waals surface area contributed by atoms with E-state index in [2.05, 4.69) is 12.2 Å². The molecular weight excluding hydrogens is 356 g/mol. The molecule has 0 aliphatic heterocycles. The van der Waals surface area contributed by atoms with Crippen LogP contribution >= 0.6 is 22.6 Å². The van der Waals surface area contributed by atoms with Crippen LogP contribution in [0.1, 0.15) is 22.8 Å². The summed E-state index contributed by atoms with van der Waals surface area (Å²) in [7, 11) is 0. The second-order valence-corrected chi connectivity index (χ2v) is 5.29. The van der Waals surface area contributed by atoms with Crippen molar-refractivity contribution in [2.45, 2.75) is 13.3 Å². The molecule has 1 N–H and O–H groups in total. The molecule has 2 rings (SSSR count). The minimum absolute atomic E-state index is 0.224. The third kappa shape index (κ3) is 3.53. The fraction of sp³-hybridized carbons (Fsp3) is 0.133. The number of hydrogen-bond acceptors (Lipinski definition) is 1. The van der Waals surface area contributed by atoms with E-state index in [9.17, 15) is 9.18 Å². The maximum Gasteiger partial charge on any atom is 0.256 e. The molecule has 0 saturated carbocycles. The van der Waals surface area contributed by atoms with Gasteiger partial charge in [-0.05, 0) is 64.9 Å². The van der Waals surface area contributed by atoms with Crippen LogP contribution in [0.3, 0.4) is 0 Å². The zero-order valence-electron chi connectivity index (χ0n) is 10.4. The largest absolute Gasteiger partial charge is 0.322 e. The highest BCUT2D eigenvalue weighted by molar-refractivity contribution is 14.1. The molecule has 0 aliphatic carbocycles. The van der Waals surface area contributed by atoms with Crippen molar-refractivity contribution in [3.05, 3.63) is 63.0 Å². The summed E-state index contributed by atoms with van der Waals surface area (Å²) < 4.78 is 13.6. The minimum Gasteiger partial charge on any atom is -0.322 e. The van der Waals surface area contributed by atoms with E-state index >= 15 is 0 Å². The third-order valence-electron chi connectivity index (χ3n) is 2.77. The van der Waals surface area contributed by atoms with Crippen molar-refractivity contribution in [3.8, 4) is 0 Å². The van der Waals surface area contributed by atoms with Crippen LogP contribution in [0.5, 0.6) is 0 Å². The van der Waals surface area contributed by atoms with E-state index in [0.29, 0.717) is 9.13 Å². The Morgan fingerprint density at radius 1 is 1.26 bits per heavy atom. The summed E-state index contributed by atoms with van der Waals surface area (Å²) in [6.45, 7) is 2.06. The van der Waals surface area contributed by atoms with E-state index in [1.807, 2.05) is 46.9 Å². The van der Waals surface area contributed by atoms with Gasteiger partial charge in [0.05, 0.1) is 5.56 Å². The van der Waals surface area contributed by atoms with Crippen LogP contribution in [0.25, 0.3) is 0 Å². The van der Waals surface area contributed by atoms with Gasteiger partial charge >= 0.3 is 0 Å². The number of hydrogen-bond donors (Lipinski definition) is 1. The maximum atomic E-state index is 13.0. The van der Waals surface area contributed by atoms with Gasteiger partial charge in [-0.25, -0.2) is 4.39 Å². The van der Waals surface area contributed by atoms with Crippen molar-refractivity contribution < 1.29 is 9.18 Å². The Kier molecular flexibility index (Phi) is 4.52. The average Bonchev–Trinajstić information content (AvgIpc) is 2.38. The molecule has 2 aromatic rings. The van der Waals surface area contributed by atoms with Crippen molar-refractivity contribution in [1.29, 1.82) is 0 Å². The predicted octanol–water partition coefficient (Wildman–Crippen LogP) is 4.25. The van der Waals surface area contributed by atoms with Crippen molar-refractivity contribution in [2.75, 3.05) is 5.32 Å². The Morgan fingerprint density at radius 3 is 2.74 bits per heavy atom. The molecule has 0 radical (unpaired) electrons. The Balaban J connectivity index is 2.20. The van der Waals surface area contributed by atoms with Crippen LogP contribution in [-0.2, 0) is 6.42 Å². The standard InChI is InChI=1S/C15H13FINO/c1-2-10-4-3-5-12(8-10)18-15(19)13-7-6-11(16)9-14(13)17/h3-9H,2H2,1H3,(H,18,19). The molecule has 0 saturated heterocycles. The van der Waals surface area contributed by atoms with Crippen LogP contribution in [0.15, 0.2) is 42.5 Å². The molecule has 98 valence electrons. The van der Waals surface area contributed by atoms with E-state index < -0.39 is 0 Å². The lowest BCUT2D eigenvalue weighted by atomic mass is 10.1. The normalized spacial score (nSPS) is 10.3. The van der Waals surface area contributed by atoms with Gasteiger partial charge < -0.3 is 5.32 Å². The van der Waals surface area contributed by atoms with Gasteiger partial charge in [0.2, 0.25) is 0 Å². The summed E-state index contributed by atoms with van der Waals surface area (Å²) in [6.07, 6.45) is 0.914. The molecule has 4 heteroatoms. The van der Waals surface area contributed by atoms with E-state index in [1.54, 1.807) is 0 Å². The summed E-state index contributed by atoms with van der Waals surface area (Å²) in [6, 6.07) is 11.8. The first-order valence-corrected chi connectivity index (χ1v) is 7.03. The second kappa shape index (κ2) is 6.14. The zero-order valence-corrected chi connectivity index (χ0v) is 12.6. The van der Waals surface area contributed by atoms with E-state index in [4.69, 9.17) is 0 Å². The molecule has 0 aliphatic rings. The number of halogens is 2. The van der Waals surface area contributed by atoms with Gasteiger partial charge in [0.25, 0.3) is 5.91 Å². The quantitative estimate of drug-likeness (QED) is 0.806. The number of nitrogens with one attached hydrogen (secondary N) is 1. The van der Waals surface area contributed by atoms with E-state index in [1.165, 1.54) is 18.2 Å². The number of aryl methyl sites for hydroxylation is 1. The smallest absolute Gasteiger partial charge is 0.256 e. The lowest BCUT2D eigenvalue weighted by Gasteiger charge is -2.08. The Bertz CT molecular complexity index is 613. The molecule has 0 atom stereocenters. The van der Waals surface area contributed by atoms with Gasteiger partial charge in [-0.1, -0.05) is 19.1 Å². The topological polar surface area (TPSA) is 29.1 Å². The highest BCUT2D eigenvalue weighted by atomic mass is 127. The number of carbonyl (C=O) groups is 1. The Labute approximate surface area is 125 Å². The first kappa shape index (κ1) is 14.0. The Hall–Kier alpha value is -1.43. The highest BCUT2D eigenvalue weighted by Crippen LogP contribution is 2.17. The summed E-state index contributed by atoms with van der Waals surface area (Å²) in [5.41, 5.74) is 2.39. The van der Waals surface area contributed by atoms with Gasteiger partial charge in [0.15, 0.2) is 0 Å². The SMILES string of the molecule is CCc1cccc(NC(=O)c2ccc(F)cc2I)c1. The van der Waals surface area contributed by atoms with Crippen molar-refractivity contribution in [1.82, 2.24) is 0 Å². The Morgan fingerprint density at radius 2 is 2.05 bits per heavy atom. The summed E-state index contributed by atoms with van der Waals surface area (Å²) in [5.74, 6) is -0.563. The summed E-state index contributed by atoms with van der Waals surface area (Å²) in [5, 5.41) is 2.83. The molecule has 19 heavy (non-hydrogen) atoms. The molecule has 0 fully saturated rings. The fourth-order valence-electron chi connectivity index (χ4n) is 1.74. The number of carbonyl (C=O) groups excluding carboxylic acids is 1. The zero-order chi connectivity index (χ0) is 13.8. The number of anilines is 1. The van der Waals surface area contributed by atoms with Gasteiger partial charge in [0.1, 0.15) is 5.82 Å². The molecule has 0 aromatic heterocycles. The van der Waals surface area contributed by atoms with Crippen molar-refractivity contribution >= 4 is 34.2 Å². The van der Waals surface area contributed by atoms with E-state index in [-0.39, 0.29) is 11.7 Å². The van der Waals surface area contributed by atoms with Crippen molar-refractivity contribution in [3.63, 3.8) is 0 Å². The molecule has 0 bridgehead atoms. The third-order valence-corrected chi connectivity index (χ3v) is 3.66. The van der Waals surface area contributed by atoms with E-state index in [0.717, 1.165) is 17.7 Å². The summed E-state index contributed by atoms with van der Waals surface area (Å²) >= 11 is 1.96. The molecule has 1 amide bonds. The number of rotatable bonds is 3. The van der Waals surface area contributed by atoms with Crippen LogP contribution in [0.2, 0.25) is 0 Å². The fourth-order valence-corrected chi connectivity index (χ4v) is 2.46. The number of amides is 1. The number of benzene rings is 2. The molecule has 2 aromatic carbocycles. The first-order chi connectivity index (χ1) is 9.10. The van der Waals surface area contributed by atoms with Crippen molar-refractivity contribution in [2.24, 2.45) is 0 Å².